The molecule has 0 saturated heterocycles. The van der Waals surface area contributed by atoms with Crippen molar-refractivity contribution in [2.24, 2.45) is 0 Å². The second-order valence-corrected chi connectivity index (χ2v) is 33.9. The maximum atomic E-state index is 2.43. The summed E-state index contributed by atoms with van der Waals surface area (Å²) in [7, 11) is 0. The van der Waals surface area contributed by atoms with Crippen LogP contribution in [0.5, 0.6) is 0 Å². The summed E-state index contributed by atoms with van der Waals surface area (Å²) in [5.41, 5.74) is 33.9. The quantitative estimate of drug-likeness (QED) is 0.124. The van der Waals surface area contributed by atoms with Gasteiger partial charge in [-0.05, 0) is 212 Å². The van der Waals surface area contributed by atoms with Crippen molar-refractivity contribution in [3.63, 3.8) is 0 Å². The lowest BCUT2D eigenvalue weighted by atomic mass is 10.00. The van der Waals surface area contributed by atoms with Crippen molar-refractivity contribution in [2.45, 2.75) is 0 Å². The summed E-state index contributed by atoms with van der Waals surface area (Å²) in [6, 6.07) is 180. The average molecular weight is 1660 g/mol. The van der Waals surface area contributed by atoms with Crippen LogP contribution in [0.4, 0.5) is 0 Å². The first-order valence-corrected chi connectivity index (χ1v) is 44.7. The van der Waals surface area contributed by atoms with Crippen molar-refractivity contribution in [3.8, 4) is 89.8 Å². The molecule has 6 nitrogen and oxygen atoms in total. The van der Waals surface area contributed by atoms with Gasteiger partial charge in [0.15, 0.2) is 0 Å². The molecule has 0 atom stereocenters. The molecule has 27 rings (SSSR count). The molecular formula is C124H82N6. The number of hydrogen-bond donors (Lipinski definition) is 0. The summed E-state index contributed by atoms with van der Waals surface area (Å²) in [5, 5.41) is 17.6. The van der Waals surface area contributed by atoms with Crippen LogP contribution in [0.2, 0.25) is 0 Å². The first-order chi connectivity index (χ1) is 64.5. The van der Waals surface area contributed by atoms with E-state index in [9.17, 15) is 0 Å². The Hall–Kier alpha value is -17.3. The molecule has 0 amide bonds. The first kappa shape index (κ1) is 75.2. The molecule has 0 saturated carbocycles. The highest BCUT2D eigenvalue weighted by Crippen LogP contribution is 2.46. The second kappa shape index (κ2) is 31.4. The lowest BCUT2D eigenvalue weighted by Crippen LogP contribution is -1.95. The van der Waals surface area contributed by atoms with Crippen LogP contribution in [0, 0.1) is 0 Å². The van der Waals surface area contributed by atoms with Crippen LogP contribution in [-0.4, -0.2) is 27.4 Å². The fourth-order valence-electron chi connectivity index (χ4n) is 20.5. The lowest BCUT2D eigenvalue weighted by Gasteiger charge is -2.11. The summed E-state index contributed by atoms with van der Waals surface area (Å²) < 4.78 is 14.5. The van der Waals surface area contributed by atoms with E-state index in [0.29, 0.717) is 0 Å². The molecule has 130 heavy (non-hydrogen) atoms. The van der Waals surface area contributed by atoms with Gasteiger partial charge in [0.1, 0.15) is 0 Å². The van der Waals surface area contributed by atoms with E-state index in [1.165, 1.54) is 220 Å². The van der Waals surface area contributed by atoms with Crippen LogP contribution in [-0.2, 0) is 0 Å². The fourth-order valence-corrected chi connectivity index (χ4v) is 20.5. The number of rotatable bonds is 11. The zero-order valence-corrected chi connectivity index (χ0v) is 71.0. The number of hydrogen-bond acceptors (Lipinski definition) is 0. The van der Waals surface area contributed by atoms with Crippen LogP contribution < -0.4 is 0 Å². The highest BCUT2D eigenvalue weighted by atomic mass is 15.0. The third-order valence-corrected chi connectivity index (χ3v) is 26.5. The van der Waals surface area contributed by atoms with Gasteiger partial charge in [0.25, 0.3) is 0 Å². The normalized spacial score (nSPS) is 11.7. The van der Waals surface area contributed by atoms with E-state index < -0.39 is 0 Å². The van der Waals surface area contributed by atoms with Gasteiger partial charge in [-0.2, -0.15) is 0 Å². The molecule has 6 heterocycles. The van der Waals surface area contributed by atoms with E-state index in [4.69, 9.17) is 0 Å². The number of para-hydroxylation sites is 8. The predicted octanol–water partition coefficient (Wildman–Crippen LogP) is 33.1. The minimum atomic E-state index is 1.16. The number of nitrogens with zero attached hydrogens (tertiary/aromatic N) is 6. The Morgan fingerprint density at radius 1 is 0.0923 bits per heavy atom. The molecule has 6 heteroatoms. The Morgan fingerprint density at radius 3 is 0.585 bits per heavy atom. The highest BCUT2D eigenvalue weighted by molar-refractivity contribution is 6.22. The molecule has 0 aliphatic carbocycles. The molecule has 0 N–H and O–H groups in total. The van der Waals surface area contributed by atoms with Crippen molar-refractivity contribution in [1.82, 2.24) is 27.4 Å². The van der Waals surface area contributed by atoms with Gasteiger partial charge >= 0.3 is 0 Å². The van der Waals surface area contributed by atoms with Crippen LogP contribution in [0.25, 0.3) is 231 Å². The molecular weight excluding hydrogens is 1570 g/mol. The van der Waals surface area contributed by atoms with Crippen LogP contribution >= 0.6 is 0 Å². The molecule has 0 bridgehead atoms. The Labute approximate surface area is 751 Å². The molecule has 21 aromatic carbocycles. The topological polar surface area (TPSA) is 29.6 Å². The molecule has 0 aliphatic rings. The van der Waals surface area contributed by atoms with Crippen molar-refractivity contribution in [2.75, 3.05) is 0 Å². The lowest BCUT2D eigenvalue weighted by molar-refractivity contribution is 1.17. The monoisotopic (exact) mass is 1650 g/mol. The molecule has 6 aromatic heterocycles. The third kappa shape index (κ3) is 12.8. The average Bonchev–Trinajstić information content (AvgIpc) is 1.56. The van der Waals surface area contributed by atoms with E-state index in [2.05, 4.69) is 525 Å². The standard InChI is InChI=1S/2C42H28N2.C40H26N2/c1-3-12-29(13-4-1)30-22-24-31(25-23-30)32-14-11-17-34(26-32)44-40-21-10-8-19-36(40)38-27-41-37(28-42(38)44)35-18-7-9-20-39(35)43(41)33-15-5-2-6-16-33;1-3-11-29(12-4-1)30-19-21-31(22-20-30)32-23-25-34(26-24-32)44-40-18-10-8-16-36(40)38-27-41-37(28-42(38)44)35-15-7-9-17-39(35)43(41)33-13-5-2-6-14-33;1-2-10-27(11-3-1)29-18-21-31(22-19-29)41-37-16-8-6-14-33(37)35-26-40-36(25-39(35)41)34-15-7-9-17-38(34)42(40)32-23-20-28-12-4-5-13-30(28)24-32/h2*1-28H;1-26H. The number of benzene rings is 21. The third-order valence-electron chi connectivity index (χ3n) is 26.5. The second-order valence-electron chi connectivity index (χ2n) is 33.9. The van der Waals surface area contributed by atoms with Crippen LogP contribution in [0.1, 0.15) is 0 Å². The largest absolute Gasteiger partial charge is 0.309 e. The molecule has 0 unspecified atom stereocenters. The van der Waals surface area contributed by atoms with Gasteiger partial charge in [0.05, 0.1) is 66.2 Å². The maximum absolute atomic E-state index is 2.43. The minimum absolute atomic E-state index is 1.16. The van der Waals surface area contributed by atoms with E-state index in [-0.39, 0.29) is 0 Å². The van der Waals surface area contributed by atoms with Crippen LogP contribution in [0.15, 0.2) is 497 Å². The Balaban J connectivity index is 0.000000105. The zero-order chi connectivity index (χ0) is 85.7. The van der Waals surface area contributed by atoms with Gasteiger partial charge in [-0.1, -0.05) is 352 Å². The number of fused-ring (bicyclic) bond motifs is 19. The predicted molar refractivity (Wildman–Crippen MR) is 550 cm³/mol. The van der Waals surface area contributed by atoms with Gasteiger partial charge < -0.3 is 27.4 Å². The van der Waals surface area contributed by atoms with Gasteiger partial charge in [-0.15, -0.1) is 0 Å². The Bertz CT molecular complexity index is 9030. The Kier molecular flexibility index (Phi) is 18.2. The maximum Gasteiger partial charge on any atom is 0.0548 e. The van der Waals surface area contributed by atoms with Gasteiger partial charge in [0, 0.05) is 98.8 Å². The van der Waals surface area contributed by atoms with Crippen molar-refractivity contribution < 1.29 is 0 Å². The summed E-state index contributed by atoms with van der Waals surface area (Å²) in [5.74, 6) is 0. The molecule has 608 valence electrons. The van der Waals surface area contributed by atoms with Gasteiger partial charge in [-0.3, -0.25) is 0 Å². The summed E-state index contributed by atoms with van der Waals surface area (Å²) in [4.78, 5) is 0. The fraction of sp³-hybridized carbons (Fsp3) is 0. The van der Waals surface area contributed by atoms with Gasteiger partial charge in [0.2, 0.25) is 0 Å². The van der Waals surface area contributed by atoms with Crippen molar-refractivity contribution in [1.29, 1.82) is 0 Å². The van der Waals surface area contributed by atoms with Crippen molar-refractivity contribution in [3.05, 3.63) is 497 Å². The molecule has 27 aromatic rings. The molecule has 0 fully saturated rings. The molecule has 0 radical (unpaired) electrons. The summed E-state index contributed by atoms with van der Waals surface area (Å²) in [6.45, 7) is 0. The Morgan fingerprint density at radius 2 is 0.285 bits per heavy atom. The molecule has 0 spiro atoms. The SMILES string of the molecule is c1ccc(-c2ccc(-c3ccc(-n4c5ccccc5c5cc6c(cc54)c4ccccc4n6-c4ccccc4)cc3)cc2)cc1.c1ccc(-c2ccc(-c3cccc(-n4c5ccccc5c5cc6c(cc54)c4ccccc4n6-c4ccccc4)c3)cc2)cc1.c1ccc(-c2ccc(-n3c4ccccc4c4cc5c(cc43)c3ccccc3n5-c3ccc4ccccc4c3)cc2)cc1. The molecule has 0 aliphatic heterocycles. The number of aromatic nitrogens is 6. The van der Waals surface area contributed by atoms with Crippen molar-refractivity contribution >= 4 is 142 Å². The summed E-state index contributed by atoms with van der Waals surface area (Å²) in [6.07, 6.45) is 0. The smallest absolute Gasteiger partial charge is 0.0548 e. The van der Waals surface area contributed by atoms with E-state index in [0.717, 1.165) is 11.4 Å². The van der Waals surface area contributed by atoms with E-state index in [1.807, 2.05) is 0 Å². The summed E-state index contributed by atoms with van der Waals surface area (Å²) >= 11 is 0. The van der Waals surface area contributed by atoms with Crippen LogP contribution in [0.3, 0.4) is 0 Å². The zero-order valence-electron chi connectivity index (χ0n) is 71.0. The van der Waals surface area contributed by atoms with E-state index >= 15 is 0 Å². The van der Waals surface area contributed by atoms with Gasteiger partial charge in [-0.25, -0.2) is 0 Å². The minimum Gasteiger partial charge on any atom is -0.309 e. The highest BCUT2D eigenvalue weighted by Gasteiger charge is 2.24. The van der Waals surface area contributed by atoms with E-state index in [1.54, 1.807) is 0 Å². The first-order valence-electron chi connectivity index (χ1n) is 44.7.